The number of anilines is 1. The minimum Gasteiger partial charge on any atom is -0.324 e. The first-order chi connectivity index (χ1) is 14.2. The average Bonchev–Trinajstić information content (AvgIpc) is 2.70. The fourth-order valence-corrected chi connectivity index (χ4v) is 4.84. The number of sulfonamides is 1. The molecule has 0 fully saturated rings. The number of nitrogens with one attached hydrogen (secondary N) is 2. The molecule has 1 amide bonds. The molecule has 0 aliphatic heterocycles. The lowest BCUT2D eigenvalue weighted by atomic mass is 10.1. The Morgan fingerprint density at radius 1 is 0.967 bits per heavy atom. The predicted molar refractivity (Wildman–Crippen MR) is 128 cm³/mol. The molecule has 3 rings (SSSR count). The van der Waals surface area contributed by atoms with Gasteiger partial charge in [0.1, 0.15) is 6.04 Å². The summed E-state index contributed by atoms with van der Waals surface area (Å²) in [5.74, 6) is -0.404. The second kappa shape index (κ2) is 9.72. The van der Waals surface area contributed by atoms with E-state index in [0.717, 1.165) is 20.3 Å². The van der Waals surface area contributed by atoms with Gasteiger partial charge in [-0.1, -0.05) is 48.0 Å². The molecule has 0 saturated carbocycles. The quantitative estimate of drug-likeness (QED) is 0.441. The molecule has 0 unspecified atom stereocenters. The lowest BCUT2D eigenvalue weighted by Gasteiger charge is -2.20. The van der Waals surface area contributed by atoms with Gasteiger partial charge in [0.05, 0.1) is 4.90 Å². The van der Waals surface area contributed by atoms with Crippen molar-refractivity contribution in [1.29, 1.82) is 0 Å². The second-order valence-corrected chi connectivity index (χ2v) is 10.1. The third kappa shape index (κ3) is 5.90. The molecule has 0 bridgehead atoms. The van der Waals surface area contributed by atoms with Gasteiger partial charge in [-0.15, -0.1) is 0 Å². The number of amides is 1. The summed E-state index contributed by atoms with van der Waals surface area (Å²) in [5.41, 5.74) is 3.40. The Hall–Kier alpha value is -2.23. The van der Waals surface area contributed by atoms with Crippen molar-refractivity contribution in [2.75, 3.05) is 5.32 Å². The maximum absolute atomic E-state index is 13.1. The highest BCUT2D eigenvalue weighted by atomic mass is 127. The Bertz CT molecular complexity index is 1130. The molecular weight excluding hydrogens is 511 g/mol. The molecule has 7 heteroatoms. The minimum atomic E-state index is -3.86. The van der Waals surface area contributed by atoms with Crippen LogP contribution in [-0.4, -0.2) is 20.4 Å². The van der Waals surface area contributed by atoms with Gasteiger partial charge in [-0.05, 0) is 84.3 Å². The van der Waals surface area contributed by atoms with E-state index in [0.29, 0.717) is 5.69 Å². The van der Waals surface area contributed by atoms with Gasteiger partial charge in [0.15, 0.2) is 0 Å². The normalized spacial score (nSPS) is 12.4. The summed E-state index contributed by atoms with van der Waals surface area (Å²) >= 11 is 2.21. The van der Waals surface area contributed by atoms with E-state index in [4.69, 9.17) is 0 Å². The van der Waals surface area contributed by atoms with E-state index in [1.54, 1.807) is 24.3 Å². The lowest BCUT2D eigenvalue weighted by molar-refractivity contribution is -0.117. The van der Waals surface area contributed by atoms with Crippen LogP contribution < -0.4 is 10.0 Å². The molecule has 2 N–H and O–H groups in total. The molecule has 156 valence electrons. The Morgan fingerprint density at radius 3 is 2.27 bits per heavy atom. The third-order valence-electron chi connectivity index (χ3n) is 4.67. The van der Waals surface area contributed by atoms with Crippen molar-refractivity contribution < 1.29 is 13.2 Å². The zero-order valence-corrected chi connectivity index (χ0v) is 19.7. The Morgan fingerprint density at radius 2 is 1.63 bits per heavy atom. The maximum atomic E-state index is 13.1. The molecule has 0 aliphatic carbocycles. The molecule has 0 radical (unpaired) electrons. The van der Waals surface area contributed by atoms with E-state index >= 15 is 0 Å². The summed E-state index contributed by atoms with van der Waals surface area (Å²) in [5, 5.41) is 2.87. The lowest BCUT2D eigenvalue weighted by Crippen LogP contribution is -2.45. The summed E-state index contributed by atoms with van der Waals surface area (Å²) in [6.07, 6.45) is 0.237. The van der Waals surface area contributed by atoms with E-state index < -0.39 is 22.0 Å². The molecule has 3 aromatic rings. The first-order valence-corrected chi connectivity index (χ1v) is 12.0. The number of hydrogen-bond donors (Lipinski definition) is 2. The smallest absolute Gasteiger partial charge is 0.242 e. The van der Waals surface area contributed by atoms with Gasteiger partial charge in [-0.3, -0.25) is 4.79 Å². The van der Waals surface area contributed by atoms with Crippen molar-refractivity contribution in [3.05, 3.63) is 93.1 Å². The summed E-state index contributed by atoms with van der Waals surface area (Å²) in [6, 6.07) is 20.6. The van der Waals surface area contributed by atoms with Crippen LogP contribution in [0, 0.1) is 17.4 Å². The van der Waals surface area contributed by atoms with Crippen LogP contribution in [0.2, 0.25) is 0 Å². The molecule has 0 spiro atoms. The van der Waals surface area contributed by atoms with Gasteiger partial charge in [-0.2, -0.15) is 4.72 Å². The van der Waals surface area contributed by atoms with E-state index in [1.165, 1.54) is 0 Å². The molecule has 30 heavy (non-hydrogen) atoms. The molecule has 0 heterocycles. The van der Waals surface area contributed by atoms with Gasteiger partial charge in [-0.25, -0.2) is 8.42 Å². The molecule has 0 aliphatic rings. The second-order valence-electron chi connectivity index (χ2n) is 7.13. The topological polar surface area (TPSA) is 75.3 Å². The van der Waals surface area contributed by atoms with Gasteiger partial charge in [0, 0.05) is 9.26 Å². The van der Waals surface area contributed by atoms with E-state index in [1.807, 2.05) is 62.4 Å². The highest BCUT2D eigenvalue weighted by Gasteiger charge is 2.26. The van der Waals surface area contributed by atoms with Crippen LogP contribution in [0.3, 0.4) is 0 Å². The van der Waals surface area contributed by atoms with Crippen LogP contribution in [0.25, 0.3) is 0 Å². The molecule has 5 nitrogen and oxygen atoms in total. The van der Waals surface area contributed by atoms with Crippen LogP contribution in [-0.2, 0) is 21.2 Å². The van der Waals surface area contributed by atoms with Crippen molar-refractivity contribution in [2.45, 2.75) is 31.2 Å². The largest absolute Gasteiger partial charge is 0.324 e. The Balaban J connectivity index is 1.87. The Labute approximate surface area is 191 Å². The number of rotatable bonds is 7. The van der Waals surface area contributed by atoms with Crippen LogP contribution in [0.4, 0.5) is 5.69 Å². The minimum absolute atomic E-state index is 0.129. The SMILES string of the molecule is Cc1ccc(S(=O)(=O)N[C@@H](Cc2ccccc2)C(=O)Nc2ccc(I)cc2C)cc1. The fourth-order valence-electron chi connectivity index (χ4n) is 3.00. The summed E-state index contributed by atoms with van der Waals surface area (Å²) in [6.45, 7) is 3.79. The fraction of sp³-hybridized carbons (Fsp3) is 0.174. The first-order valence-electron chi connectivity index (χ1n) is 9.44. The number of hydrogen-bond acceptors (Lipinski definition) is 3. The highest BCUT2D eigenvalue weighted by Crippen LogP contribution is 2.19. The molecule has 1 atom stereocenters. The Kier molecular flexibility index (Phi) is 7.27. The number of carbonyl (C=O) groups excluding carboxylic acids is 1. The standard InChI is InChI=1S/C23H23IN2O3S/c1-16-8-11-20(12-9-16)30(28,29)26-22(15-18-6-4-3-5-7-18)23(27)25-21-13-10-19(24)14-17(21)2/h3-14,22,26H,15H2,1-2H3,(H,25,27)/t22-/m0/s1. The van der Waals surface area contributed by atoms with Crippen molar-refractivity contribution in [2.24, 2.45) is 0 Å². The number of aryl methyl sites for hydroxylation is 2. The van der Waals surface area contributed by atoms with Crippen molar-refractivity contribution in [1.82, 2.24) is 4.72 Å². The summed E-state index contributed by atoms with van der Waals surface area (Å²) in [4.78, 5) is 13.2. The van der Waals surface area contributed by atoms with Gasteiger partial charge in [0.25, 0.3) is 0 Å². The van der Waals surface area contributed by atoms with Crippen LogP contribution in [0.1, 0.15) is 16.7 Å². The first kappa shape index (κ1) is 22.5. The van der Waals surface area contributed by atoms with Gasteiger partial charge in [0.2, 0.25) is 15.9 Å². The highest BCUT2D eigenvalue weighted by molar-refractivity contribution is 14.1. The van der Waals surface area contributed by atoms with Gasteiger partial charge >= 0.3 is 0 Å². The third-order valence-corrected chi connectivity index (χ3v) is 6.83. The monoisotopic (exact) mass is 534 g/mol. The summed E-state index contributed by atoms with van der Waals surface area (Å²) < 4.78 is 29.5. The zero-order chi connectivity index (χ0) is 21.7. The number of benzene rings is 3. The van der Waals surface area contributed by atoms with Crippen molar-refractivity contribution in [3.63, 3.8) is 0 Å². The van der Waals surface area contributed by atoms with Crippen LogP contribution >= 0.6 is 22.6 Å². The molecular formula is C23H23IN2O3S. The molecule has 0 saturated heterocycles. The zero-order valence-electron chi connectivity index (χ0n) is 16.7. The molecule has 3 aromatic carbocycles. The molecule has 0 aromatic heterocycles. The van der Waals surface area contributed by atoms with E-state index in [9.17, 15) is 13.2 Å². The summed E-state index contributed by atoms with van der Waals surface area (Å²) in [7, 11) is -3.86. The van der Waals surface area contributed by atoms with Crippen molar-refractivity contribution in [3.8, 4) is 0 Å². The van der Waals surface area contributed by atoms with Gasteiger partial charge < -0.3 is 5.32 Å². The van der Waals surface area contributed by atoms with Crippen LogP contribution in [0.15, 0.2) is 77.7 Å². The number of halogens is 1. The average molecular weight is 534 g/mol. The number of carbonyl (C=O) groups is 1. The van der Waals surface area contributed by atoms with E-state index in [2.05, 4.69) is 32.6 Å². The van der Waals surface area contributed by atoms with Crippen molar-refractivity contribution >= 4 is 44.2 Å². The van der Waals surface area contributed by atoms with Crippen LogP contribution in [0.5, 0.6) is 0 Å². The van der Waals surface area contributed by atoms with E-state index in [-0.39, 0.29) is 11.3 Å². The maximum Gasteiger partial charge on any atom is 0.242 e. The predicted octanol–water partition coefficient (Wildman–Crippen LogP) is 4.44.